The highest BCUT2D eigenvalue weighted by Gasteiger charge is 2.17. The number of rotatable bonds is 8. The molecule has 0 spiro atoms. The number of nitrogens with zero attached hydrogens (tertiary/aromatic N) is 1. The van der Waals surface area contributed by atoms with Crippen LogP contribution in [0.15, 0.2) is 42.5 Å². The summed E-state index contributed by atoms with van der Waals surface area (Å²) in [5.74, 6) is -1.63. The minimum absolute atomic E-state index is 0.0617. The Hall–Kier alpha value is -2.80. The molecule has 2 rings (SSSR count). The minimum Gasteiger partial charge on any atom is -0.339 e. The summed E-state index contributed by atoms with van der Waals surface area (Å²) >= 11 is 0. The lowest BCUT2D eigenvalue weighted by Gasteiger charge is -2.19. The Labute approximate surface area is 163 Å². The van der Waals surface area contributed by atoms with Crippen LogP contribution in [0.5, 0.6) is 0 Å². The molecule has 7 heteroatoms. The van der Waals surface area contributed by atoms with Crippen molar-refractivity contribution in [2.75, 3.05) is 25.0 Å². The van der Waals surface area contributed by atoms with E-state index in [1.807, 2.05) is 13.8 Å². The highest BCUT2D eigenvalue weighted by atomic mass is 19.1. The lowest BCUT2D eigenvalue weighted by molar-refractivity contribution is -0.682. The molecule has 3 N–H and O–H groups in total. The number of amides is 2. The lowest BCUT2D eigenvalue weighted by Crippen LogP contribution is -2.86. The van der Waals surface area contributed by atoms with Crippen molar-refractivity contribution in [1.29, 1.82) is 0 Å². The highest BCUT2D eigenvalue weighted by Crippen LogP contribution is 2.15. The monoisotopic (exact) mass is 390 g/mol. The van der Waals surface area contributed by atoms with Crippen LogP contribution in [0.1, 0.15) is 42.7 Å². The lowest BCUT2D eigenvalue weighted by atomic mass is 10.1. The fourth-order valence-corrected chi connectivity index (χ4v) is 2.92. The van der Waals surface area contributed by atoms with Crippen molar-refractivity contribution in [1.82, 2.24) is 4.90 Å². The van der Waals surface area contributed by atoms with Gasteiger partial charge in [-0.1, -0.05) is 6.07 Å². The number of anilines is 1. The van der Waals surface area contributed by atoms with Crippen LogP contribution in [0.3, 0.4) is 0 Å². The van der Waals surface area contributed by atoms with Crippen molar-refractivity contribution in [3.05, 3.63) is 65.2 Å². The number of halogens is 2. The smallest absolute Gasteiger partial charge is 0.279 e. The van der Waals surface area contributed by atoms with Crippen molar-refractivity contribution >= 4 is 17.5 Å². The number of carbonyl (C=O) groups is 2. The van der Waals surface area contributed by atoms with E-state index < -0.39 is 11.6 Å². The summed E-state index contributed by atoms with van der Waals surface area (Å²) in [7, 11) is 0. The number of quaternary nitrogens is 1. The van der Waals surface area contributed by atoms with Gasteiger partial charge in [-0.05, 0) is 51.1 Å². The third-order valence-corrected chi connectivity index (χ3v) is 4.55. The molecule has 1 atom stereocenters. The average Bonchev–Trinajstić information content (AvgIpc) is 2.67. The van der Waals surface area contributed by atoms with Gasteiger partial charge in [-0.2, -0.15) is 0 Å². The predicted octanol–water partition coefficient (Wildman–Crippen LogP) is 2.71. The van der Waals surface area contributed by atoms with Gasteiger partial charge in [0.15, 0.2) is 6.54 Å². The molecular formula is C21H26F2N3O2+. The van der Waals surface area contributed by atoms with E-state index in [0.717, 1.165) is 6.07 Å². The van der Waals surface area contributed by atoms with E-state index in [2.05, 4.69) is 5.32 Å². The maximum Gasteiger partial charge on any atom is 0.279 e. The van der Waals surface area contributed by atoms with Crippen LogP contribution in [0.2, 0.25) is 0 Å². The van der Waals surface area contributed by atoms with Crippen molar-refractivity contribution in [2.24, 2.45) is 0 Å². The van der Waals surface area contributed by atoms with E-state index in [1.54, 1.807) is 41.4 Å². The summed E-state index contributed by atoms with van der Waals surface area (Å²) < 4.78 is 26.8. The summed E-state index contributed by atoms with van der Waals surface area (Å²) in [4.78, 5) is 26.3. The molecule has 0 fully saturated rings. The van der Waals surface area contributed by atoms with Crippen molar-refractivity contribution in [3.8, 4) is 0 Å². The van der Waals surface area contributed by atoms with Gasteiger partial charge in [0.1, 0.15) is 17.7 Å². The molecule has 2 aromatic rings. The first kappa shape index (κ1) is 21.5. The Kier molecular flexibility index (Phi) is 7.63. The quantitative estimate of drug-likeness (QED) is 0.728. The third-order valence-electron chi connectivity index (χ3n) is 4.55. The van der Waals surface area contributed by atoms with Crippen LogP contribution >= 0.6 is 0 Å². The zero-order valence-corrected chi connectivity index (χ0v) is 16.3. The molecule has 0 radical (unpaired) electrons. The van der Waals surface area contributed by atoms with Gasteiger partial charge in [0.25, 0.3) is 11.8 Å². The Morgan fingerprint density at radius 1 is 1.11 bits per heavy atom. The topological polar surface area (TPSA) is 66.0 Å². The van der Waals surface area contributed by atoms with Crippen LogP contribution in [0.4, 0.5) is 14.5 Å². The second-order valence-corrected chi connectivity index (χ2v) is 6.50. The van der Waals surface area contributed by atoms with Gasteiger partial charge >= 0.3 is 0 Å². The van der Waals surface area contributed by atoms with Crippen LogP contribution < -0.4 is 10.6 Å². The molecule has 2 aromatic carbocycles. The second-order valence-electron chi connectivity index (χ2n) is 6.50. The van der Waals surface area contributed by atoms with Gasteiger partial charge in [-0.15, -0.1) is 0 Å². The zero-order valence-electron chi connectivity index (χ0n) is 16.3. The van der Waals surface area contributed by atoms with E-state index in [4.69, 9.17) is 0 Å². The Balaban J connectivity index is 1.96. The second kappa shape index (κ2) is 9.94. The molecule has 0 saturated carbocycles. The van der Waals surface area contributed by atoms with E-state index in [1.165, 1.54) is 12.1 Å². The molecule has 0 aliphatic heterocycles. The standard InChI is InChI=1S/C21H25F2N3O2/c1-4-26(5-2)21(28)15-7-6-8-17(11-15)25-20(27)13-24-14(3)18-10-9-16(22)12-19(18)23/h6-12,14,24H,4-5,13H2,1-3H3,(H,25,27)/p+1/t14-/m0/s1. The molecule has 0 aromatic heterocycles. The maximum atomic E-state index is 13.8. The number of nitrogens with two attached hydrogens (primary N) is 1. The Morgan fingerprint density at radius 3 is 2.46 bits per heavy atom. The molecule has 5 nitrogen and oxygen atoms in total. The Morgan fingerprint density at radius 2 is 1.82 bits per heavy atom. The van der Waals surface area contributed by atoms with Gasteiger partial charge in [0.2, 0.25) is 0 Å². The van der Waals surface area contributed by atoms with Gasteiger partial charge in [-0.3, -0.25) is 9.59 Å². The first-order valence-electron chi connectivity index (χ1n) is 9.33. The van der Waals surface area contributed by atoms with Crippen molar-refractivity contribution in [2.45, 2.75) is 26.8 Å². The SMILES string of the molecule is CCN(CC)C(=O)c1cccc(NC(=O)C[NH2+][C@@H](C)c2ccc(F)cc2F)c1. The molecule has 0 aliphatic rings. The fraction of sp³-hybridized carbons (Fsp3) is 0.333. The molecule has 2 amide bonds. The molecule has 0 aliphatic carbocycles. The normalized spacial score (nSPS) is 11.8. The van der Waals surface area contributed by atoms with Crippen molar-refractivity contribution < 1.29 is 23.7 Å². The van der Waals surface area contributed by atoms with E-state index in [9.17, 15) is 18.4 Å². The number of nitrogens with one attached hydrogen (secondary N) is 1. The third kappa shape index (κ3) is 5.60. The fourth-order valence-electron chi connectivity index (χ4n) is 2.92. The highest BCUT2D eigenvalue weighted by molar-refractivity contribution is 5.97. The summed E-state index contributed by atoms with van der Waals surface area (Å²) in [6, 6.07) is 9.84. The summed E-state index contributed by atoms with van der Waals surface area (Å²) in [6.07, 6.45) is 0. The van der Waals surface area contributed by atoms with Crippen LogP contribution in [0, 0.1) is 11.6 Å². The molecule has 0 saturated heterocycles. The molecule has 0 unspecified atom stereocenters. The van der Waals surface area contributed by atoms with E-state index in [0.29, 0.717) is 29.9 Å². The predicted molar refractivity (Wildman–Crippen MR) is 104 cm³/mol. The van der Waals surface area contributed by atoms with Gasteiger partial charge in [0.05, 0.1) is 0 Å². The van der Waals surface area contributed by atoms with Crippen LogP contribution in [-0.2, 0) is 4.79 Å². The van der Waals surface area contributed by atoms with Crippen molar-refractivity contribution in [3.63, 3.8) is 0 Å². The van der Waals surface area contributed by atoms with Gasteiger partial charge < -0.3 is 15.5 Å². The van der Waals surface area contributed by atoms with Crippen LogP contribution in [0.25, 0.3) is 0 Å². The number of hydrogen-bond donors (Lipinski definition) is 2. The molecule has 0 heterocycles. The molecule has 28 heavy (non-hydrogen) atoms. The van der Waals surface area contributed by atoms with E-state index in [-0.39, 0.29) is 24.4 Å². The summed E-state index contributed by atoms with van der Waals surface area (Å²) in [6.45, 7) is 6.85. The van der Waals surface area contributed by atoms with Gasteiger partial charge in [-0.25, -0.2) is 8.78 Å². The maximum absolute atomic E-state index is 13.8. The van der Waals surface area contributed by atoms with Gasteiger partial charge in [0, 0.05) is 36.0 Å². The average molecular weight is 390 g/mol. The first-order valence-corrected chi connectivity index (χ1v) is 9.33. The largest absolute Gasteiger partial charge is 0.339 e. The molecule has 150 valence electrons. The first-order chi connectivity index (χ1) is 13.3. The minimum atomic E-state index is -0.634. The van der Waals surface area contributed by atoms with E-state index >= 15 is 0 Å². The molecular weight excluding hydrogens is 364 g/mol. The molecule has 0 bridgehead atoms. The number of carbonyl (C=O) groups excluding carboxylic acids is 2. The van der Waals surface area contributed by atoms with Crippen LogP contribution in [-0.4, -0.2) is 36.3 Å². The summed E-state index contributed by atoms with van der Waals surface area (Å²) in [5.41, 5.74) is 1.37. The number of hydrogen-bond acceptors (Lipinski definition) is 2. The number of benzene rings is 2. The zero-order chi connectivity index (χ0) is 20.7. The Bertz CT molecular complexity index is 838. The summed E-state index contributed by atoms with van der Waals surface area (Å²) in [5, 5.41) is 4.41.